The Morgan fingerprint density at radius 2 is 1.82 bits per heavy atom. The van der Waals surface area contributed by atoms with E-state index < -0.39 is 0 Å². The Morgan fingerprint density at radius 3 is 2.64 bits per heavy atom. The van der Waals surface area contributed by atoms with Crippen LogP contribution in [0.1, 0.15) is 16.1 Å². The molecule has 0 saturated heterocycles. The van der Waals surface area contributed by atoms with Gasteiger partial charge in [0.15, 0.2) is 0 Å². The Labute approximate surface area is 166 Å². The number of hydrogen-bond donors (Lipinski definition) is 1. The molecule has 0 fully saturated rings. The van der Waals surface area contributed by atoms with E-state index in [9.17, 15) is 4.79 Å². The van der Waals surface area contributed by atoms with E-state index in [1.54, 1.807) is 0 Å². The van der Waals surface area contributed by atoms with Gasteiger partial charge in [-0.2, -0.15) is 0 Å². The van der Waals surface area contributed by atoms with Gasteiger partial charge in [0.25, 0.3) is 5.91 Å². The second kappa shape index (κ2) is 6.62. The summed E-state index contributed by atoms with van der Waals surface area (Å²) < 4.78 is 1.90. The molecule has 0 aliphatic rings. The van der Waals surface area contributed by atoms with Crippen molar-refractivity contribution in [2.45, 2.75) is 6.92 Å². The van der Waals surface area contributed by atoms with Crippen molar-refractivity contribution in [2.75, 3.05) is 5.32 Å². The number of carbonyl (C=O) groups is 1. The number of hydrogen-bond acceptors (Lipinski definition) is 3. The minimum absolute atomic E-state index is 0.163. The molecule has 0 aliphatic heterocycles. The van der Waals surface area contributed by atoms with Crippen LogP contribution in [-0.4, -0.2) is 15.3 Å². The van der Waals surface area contributed by atoms with Crippen LogP contribution in [0.3, 0.4) is 0 Å². The van der Waals surface area contributed by atoms with E-state index in [0.717, 1.165) is 32.5 Å². The monoisotopic (exact) mass is 383 g/mol. The molecule has 2 aromatic carbocycles. The van der Waals surface area contributed by atoms with Crippen LogP contribution in [0.25, 0.3) is 27.7 Å². The zero-order valence-corrected chi connectivity index (χ0v) is 16.0. The molecular formula is C23H17N3OS. The normalized spacial score (nSPS) is 11.2. The summed E-state index contributed by atoms with van der Waals surface area (Å²) in [4.78, 5) is 18.2. The number of imidazole rings is 1. The highest BCUT2D eigenvalue weighted by atomic mass is 32.1. The lowest BCUT2D eigenvalue weighted by Crippen LogP contribution is -2.14. The molecule has 0 unspecified atom stereocenters. The zero-order chi connectivity index (χ0) is 19.1. The average Bonchev–Trinajstić information content (AvgIpc) is 3.35. The number of nitrogens with zero attached hydrogens (tertiary/aromatic N) is 2. The van der Waals surface area contributed by atoms with Crippen molar-refractivity contribution in [3.8, 4) is 11.3 Å². The molecule has 5 heteroatoms. The molecule has 5 rings (SSSR count). The molecule has 0 radical (unpaired) electrons. The molecule has 1 amide bonds. The fraction of sp³-hybridized carbons (Fsp3) is 0.0435. The third-order valence-electron chi connectivity index (χ3n) is 4.89. The second-order valence-electron chi connectivity index (χ2n) is 6.65. The Morgan fingerprint density at radius 1 is 1.00 bits per heavy atom. The number of carbonyl (C=O) groups excluding carboxylic acids is 1. The first-order valence-electron chi connectivity index (χ1n) is 9.03. The summed E-state index contributed by atoms with van der Waals surface area (Å²) in [6, 6.07) is 22.0. The van der Waals surface area contributed by atoms with Crippen LogP contribution in [0.5, 0.6) is 0 Å². The first-order valence-corrected chi connectivity index (χ1v) is 9.91. The van der Waals surface area contributed by atoms with Gasteiger partial charge in [0.2, 0.25) is 0 Å². The van der Waals surface area contributed by atoms with Gasteiger partial charge in [0.1, 0.15) is 17.0 Å². The lowest BCUT2D eigenvalue weighted by molar-refractivity contribution is 0.102. The highest BCUT2D eigenvalue weighted by Crippen LogP contribution is 2.31. The number of benzene rings is 2. The number of rotatable bonds is 3. The Balaban J connectivity index is 1.80. The number of aromatic nitrogens is 2. The highest BCUT2D eigenvalue weighted by molar-refractivity contribution is 7.14. The second-order valence-corrected chi connectivity index (χ2v) is 7.60. The van der Waals surface area contributed by atoms with Gasteiger partial charge in [0.05, 0.1) is 5.00 Å². The standard InChI is InChI=1S/C23H17N3OS/c1-15-7-2-4-9-17(15)20-21(23(27)24-19-11-6-14-28-19)26-13-12-16-8-3-5-10-18(16)22(26)25-20/h2-14H,1H3,(H,24,27). The lowest BCUT2D eigenvalue weighted by Gasteiger charge is -2.08. The third kappa shape index (κ3) is 2.68. The minimum Gasteiger partial charge on any atom is -0.312 e. The summed E-state index contributed by atoms with van der Waals surface area (Å²) >= 11 is 1.50. The van der Waals surface area contributed by atoms with Gasteiger partial charge < -0.3 is 5.32 Å². The van der Waals surface area contributed by atoms with Gasteiger partial charge in [-0.15, -0.1) is 11.3 Å². The number of anilines is 1. The van der Waals surface area contributed by atoms with Crippen LogP contribution in [0, 0.1) is 6.92 Å². The Kier molecular flexibility index (Phi) is 3.95. The molecule has 0 bridgehead atoms. The number of amides is 1. The van der Waals surface area contributed by atoms with Crippen molar-refractivity contribution in [1.29, 1.82) is 0 Å². The largest absolute Gasteiger partial charge is 0.312 e. The summed E-state index contributed by atoms with van der Waals surface area (Å²) in [6.45, 7) is 2.04. The fourth-order valence-corrected chi connectivity index (χ4v) is 4.15. The fourth-order valence-electron chi connectivity index (χ4n) is 3.53. The molecule has 136 valence electrons. The zero-order valence-electron chi connectivity index (χ0n) is 15.2. The average molecular weight is 383 g/mol. The first kappa shape index (κ1) is 16.7. The molecule has 5 aromatic rings. The van der Waals surface area contributed by atoms with E-state index in [4.69, 9.17) is 4.98 Å². The molecular weight excluding hydrogens is 366 g/mol. The van der Waals surface area contributed by atoms with Crippen LogP contribution in [0.15, 0.2) is 78.3 Å². The maximum Gasteiger partial charge on any atom is 0.275 e. The molecule has 0 aliphatic carbocycles. The maximum absolute atomic E-state index is 13.3. The van der Waals surface area contributed by atoms with Crippen molar-refractivity contribution < 1.29 is 4.79 Å². The molecule has 3 heterocycles. The molecule has 1 N–H and O–H groups in total. The van der Waals surface area contributed by atoms with E-state index in [1.165, 1.54) is 11.3 Å². The third-order valence-corrected chi connectivity index (χ3v) is 5.67. The molecule has 4 nitrogen and oxygen atoms in total. The van der Waals surface area contributed by atoms with Crippen LogP contribution in [-0.2, 0) is 0 Å². The van der Waals surface area contributed by atoms with Crippen molar-refractivity contribution in [3.05, 3.63) is 89.6 Å². The first-order chi connectivity index (χ1) is 13.7. The van der Waals surface area contributed by atoms with E-state index in [1.807, 2.05) is 83.6 Å². The number of aryl methyl sites for hydroxylation is 1. The van der Waals surface area contributed by atoms with Crippen LogP contribution in [0.2, 0.25) is 0 Å². The van der Waals surface area contributed by atoms with Gasteiger partial charge >= 0.3 is 0 Å². The topological polar surface area (TPSA) is 46.4 Å². The van der Waals surface area contributed by atoms with Crippen molar-refractivity contribution >= 4 is 38.7 Å². The number of fused-ring (bicyclic) bond motifs is 3. The Bertz CT molecular complexity index is 1320. The van der Waals surface area contributed by atoms with E-state index in [-0.39, 0.29) is 5.91 Å². The molecule has 3 aromatic heterocycles. The van der Waals surface area contributed by atoms with Gasteiger partial charge in [-0.25, -0.2) is 4.98 Å². The van der Waals surface area contributed by atoms with Gasteiger partial charge in [-0.1, -0.05) is 48.5 Å². The lowest BCUT2D eigenvalue weighted by atomic mass is 10.0. The Hall–Kier alpha value is -3.44. The van der Waals surface area contributed by atoms with E-state index in [2.05, 4.69) is 11.4 Å². The summed E-state index contributed by atoms with van der Waals surface area (Å²) in [5.41, 5.74) is 4.08. The van der Waals surface area contributed by atoms with Crippen LogP contribution < -0.4 is 5.32 Å². The van der Waals surface area contributed by atoms with Crippen molar-refractivity contribution in [2.24, 2.45) is 0 Å². The molecule has 0 spiro atoms. The SMILES string of the molecule is Cc1ccccc1-c1nc2c3ccccc3ccn2c1C(=O)Nc1cccs1. The summed E-state index contributed by atoms with van der Waals surface area (Å²) in [7, 11) is 0. The van der Waals surface area contributed by atoms with Crippen LogP contribution in [0.4, 0.5) is 5.00 Å². The summed E-state index contributed by atoms with van der Waals surface area (Å²) in [6.07, 6.45) is 1.93. The number of nitrogens with one attached hydrogen (secondary N) is 1. The minimum atomic E-state index is -0.163. The number of thiophene rings is 1. The van der Waals surface area contributed by atoms with Crippen molar-refractivity contribution in [3.63, 3.8) is 0 Å². The predicted molar refractivity (Wildman–Crippen MR) is 115 cm³/mol. The summed E-state index contributed by atoms with van der Waals surface area (Å²) in [5.74, 6) is -0.163. The molecule has 0 atom stereocenters. The maximum atomic E-state index is 13.3. The van der Waals surface area contributed by atoms with Crippen LogP contribution >= 0.6 is 11.3 Å². The highest BCUT2D eigenvalue weighted by Gasteiger charge is 2.23. The quantitative estimate of drug-likeness (QED) is 0.429. The number of pyridine rings is 1. The molecule has 0 saturated carbocycles. The van der Waals surface area contributed by atoms with Crippen molar-refractivity contribution in [1.82, 2.24) is 9.38 Å². The van der Waals surface area contributed by atoms with E-state index >= 15 is 0 Å². The molecule has 28 heavy (non-hydrogen) atoms. The smallest absolute Gasteiger partial charge is 0.275 e. The van der Waals surface area contributed by atoms with Gasteiger partial charge in [0, 0.05) is 17.1 Å². The van der Waals surface area contributed by atoms with E-state index in [0.29, 0.717) is 11.4 Å². The summed E-state index contributed by atoms with van der Waals surface area (Å²) in [5, 5.41) is 7.90. The predicted octanol–water partition coefficient (Wildman–Crippen LogP) is 5.78. The van der Waals surface area contributed by atoms with Gasteiger partial charge in [-0.05, 0) is 41.5 Å². The van der Waals surface area contributed by atoms with Gasteiger partial charge in [-0.3, -0.25) is 9.20 Å².